The molecule has 0 saturated heterocycles. The number of aryl methyl sites for hydroxylation is 1. The van der Waals surface area contributed by atoms with Crippen molar-refractivity contribution in [3.8, 4) is 23.1 Å². The maximum atomic E-state index is 12.0. The minimum absolute atomic E-state index is 0.0974. The molecule has 2 heterocycles. The molecule has 0 spiro atoms. The number of hydrogen-bond acceptors (Lipinski definition) is 8. The summed E-state index contributed by atoms with van der Waals surface area (Å²) in [6.45, 7) is 2.44. The summed E-state index contributed by atoms with van der Waals surface area (Å²) in [5, 5.41) is 11.1. The normalized spacial score (nSPS) is 10.8. The molecular weight excluding hydrogens is 290 g/mol. The van der Waals surface area contributed by atoms with E-state index < -0.39 is 5.76 Å². The van der Waals surface area contributed by atoms with Crippen molar-refractivity contribution in [3.05, 3.63) is 40.4 Å². The first-order valence-electron chi connectivity index (χ1n) is 6.52. The third kappa shape index (κ3) is 2.49. The van der Waals surface area contributed by atoms with E-state index in [4.69, 9.17) is 15.0 Å². The summed E-state index contributed by atoms with van der Waals surface area (Å²) in [5.74, 6) is -0.405. The van der Waals surface area contributed by atoms with Gasteiger partial charge in [0, 0.05) is 6.54 Å². The molecule has 0 atom stereocenters. The van der Waals surface area contributed by atoms with Crippen LogP contribution in [-0.2, 0) is 0 Å². The van der Waals surface area contributed by atoms with Crippen LogP contribution < -0.4 is 16.2 Å². The van der Waals surface area contributed by atoms with Crippen molar-refractivity contribution in [3.63, 3.8) is 0 Å². The van der Waals surface area contributed by atoms with E-state index in [0.717, 1.165) is 5.56 Å². The second kappa shape index (κ2) is 5.82. The van der Waals surface area contributed by atoms with Crippen LogP contribution >= 0.6 is 0 Å². The van der Waals surface area contributed by atoms with Crippen LogP contribution in [0.3, 0.4) is 0 Å². The Labute approximate surface area is 124 Å². The quantitative estimate of drug-likeness (QED) is 0.723. The zero-order chi connectivity index (χ0) is 15.5. The molecule has 0 aliphatic heterocycles. The highest BCUT2D eigenvalue weighted by Crippen LogP contribution is 2.25. The van der Waals surface area contributed by atoms with E-state index in [2.05, 4.69) is 20.1 Å². The average molecular weight is 303 g/mol. The van der Waals surface area contributed by atoms with Crippen LogP contribution in [0.15, 0.2) is 38.2 Å². The summed E-state index contributed by atoms with van der Waals surface area (Å²) in [5.41, 5.74) is 7.12. The molecule has 2 N–H and O–H groups in total. The van der Waals surface area contributed by atoms with E-state index in [-0.39, 0.29) is 24.0 Å². The average Bonchev–Trinajstić information content (AvgIpc) is 3.11. The van der Waals surface area contributed by atoms with Crippen molar-refractivity contribution in [2.75, 3.05) is 13.2 Å². The van der Waals surface area contributed by atoms with Crippen LogP contribution in [0.25, 0.3) is 17.2 Å². The summed E-state index contributed by atoms with van der Waals surface area (Å²) in [6, 6.07) is 7.30. The molecule has 1 aromatic carbocycles. The topological polar surface area (TPSA) is 122 Å². The van der Waals surface area contributed by atoms with Gasteiger partial charge in [0.1, 0.15) is 6.61 Å². The number of rotatable bonds is 5. The molecule has 0 radical (unpaired) electrons. The van der Waals surface area contributed by atoms with E-state index in [9.17, 15) is 4.79 Å². The molecule has 0 bridgehead atoms. The van der Waals surface area contributed by atoms with Crippen LogP contribution in [0.1, 0.15) is 5.56 Å². The number of nitrogens with zero attached hydrogens (tertiary/aromatic N) is 4. The molecule has 9 nitrogen and oxygen atoms in total. The van der Waals surface area contributed by atoms with Crippen LogP contribution in [-0.4, -0.2) is 33.2 Å². The molecule has 3 aromatic rings. The van der Waals surface area contributed by atoms with Gasteiger partial charge in [-0.25, -0.2) is 14.0 Å². The highest BCUT2D eigenvalue weighted by atomic mass is 16.6. The molecular formula is C13H13N5O4. The molecule has 0 unspecified atom stereocenters. The Balaban J connectivity index is 2.10. The predicted octanol–water partition coefficient (Wildman–Crippen LogP) is 0.521. The molecule has 0 fully saturated rings. The van der Waals surface area contributed by atoms with E-state index >= 15 is 0 Å². The number of hydrogen-bond donors (Lipinski definition) is 1. The van der Waals surface area contributed by atoms with Crippen LogP contribution in [0.2, 0.25) is 0 Å². The van der Waals surface area contributed by atoms with Gasteiger partial charge in [-0.2, -0.15) is 0 Å². The summed E-state index contributed by atoms with van der Waals surface area (Å²) in [4.78, 5) is 12.0. The highest BCUT2D eigenvalue weighted by molar-refractivity contribution is 5.58. The lowest BCUT2D eigenvalue weighted by molar-refractivity contribution is 0.260. The molecule has 22 heavy (non-hydrogen) atoms. The largest absolute Gasteiger partial charge is 0.472 e. The number of nitrogens with two attached hydrogens (primary N) is 1. The molecule has 0 aliphatic rings. The highest BCUT2D eigenvalue weighted by Gasteiger charge is 2.23. The van der Waals surface area contributed by atoms with Crippen molar-refractivity contribution in [1.29, 1.82) is 0 Å². The number of ether oxygens (including phenoxy) is 1. The van der Waals surface area contributed by atoms with Crippen LogP contribution in [0, 0.1) is 6.92 Å². The first kappa shape index (κ1) is 14.0. The molecule has 0 amide bonds. The fraction of sp³-hybridized carbons (Fsp3) is 0.231. The standard InChI is InChI=1S/C13H13N5O4/c1-8-3-2-4-9(7-8)18-11(16-21-13(18)19)10-12(17-22-15-10)20-6-5-14/h2-4,7H,5-6,14H2,1H3. The number of benzene rings is 1. The molecule has 0 saturated carbocycles. The lowest BCUT2D eigenvalue weighted by Crippen LogP contribution is -2.14. The fourth-order valence-electron chi connectivity index (χ4n) is 1.96. The van der Waals surface area contributed by atoms with E-state index in [1.165, 1.54) is 4.57 Å². The van der Waals surface area contributed by atoms with Gasteiger partial charge < -0.3 is 10.5 Å². The van der Waals surface area contributed by atoms with Crippen molar-refractivity contribution < 1.29 is 13.9 Å². The summed E-state index contributed by atoms with van der Waals surface area (Å²) in [6.07, 6.45) is 0. The van der Waals surface area contributed by atoms with Gasteiger partial charge in [0.15, 0.2) is 0 Å². The minimum atomic E-state index is -0.645. The van der Waals surface area contributed by atoms with Gasteiger partial charge in [0.25, 0.3) is 5.88 Å². The summed E-state index contributed by atoms with van der Waals surface area (Å²) in [7, 11) is 0. The Morgan fingerprint density at radius 3 is 2.95 bits per heavy atom. The summed E-state index contributed by atoms with van der Waals surface area (Å²) >= 11 is 0. The lowest BCUT2D eigenvalue weighted by atomic mass is 10.2. The van der Waals surface area contributed by atoms with Crippen LogP contribution in [0.4, 0.5) is 0 Å². The maximum absolute atomic E-state index is 12.0. The fourth-order valence-corrected chi connectivity index (χ4v) is 1.96. The van der Waals surface area contributed by atoms with Gasteiger partial charge >= 0.3 is 5.76 Å². The second-order valence-electron chi connectivity index (χ2n) is 4.50. The molecule has 114 valence electrons. The van der Waals surface area contributed by atoms with Gasteiger partial charge in [-0.1, -0.05) is 17.3 Å². The third-order valence-electron chi connectivity index (χ3n) is 2.89. The zero-order valence-corrected chi connectivity index (χ0v) is 11.7. The van der Waals surface area contributed by atoms with Crippen molar-refractivity contribution in [2.24, 2.45) is 5.73 Å². The molecule has 2 aromatic heterocycles. The number of aromatic nitrogens is 4. The van der Waals surface area contributed by atoms with E-state index in [1.54, 1.807) is 6.07 Å². The minimum Gasteiger partial charge on any atom is -0.472 e. The Hall–Kier alpha value is -2.94. The smallest absolute Gasteiger partial charge is 0.446 e. The van der Waals surface area contributed by atoms with E-state index in [1.807, 2.05) is 25.1 Å². The summed E-state index contributed by atoms with van der Waals surface area (Å²) < 4.78 is 16.0. The molecule has 3 rings (SSSR count). The third-order valence-corrected chi connectivity index (χ3v) is 2.89. The van der Waals surface area contributed by atoms with Crippen LogP contribution in [0.5, 0.6) is 5.88 Å². The maximum Gasteiger partial charge on any atom is 0.446 e. The lowest BCUT2D eigenvalue weighted by Gasteiger charge is -2.04. The van der Waals surface area contributed by atoms with Gasteiger partial charge in [0.05, 0.1) is 5.69 Å². The SMILES string of the molecule is Cc1cccc(-n2c(-c3nonc3OCCN)noc2=O)c1. The first-order valence-corrected chi connectivity index (χ1v) is 6.52. The van der Waals surface area contributed by atoms with Crippen molar-refractivity contribution in [2.45, 2.75) is 6.92 Å². The predicted molar refractivity (Wildman–Crippen MR) is 74.7 cm³/mol. The monoisotopic (exact) mass is 303 g/mol. The van der Waals surface area contributed by atoms with Crippen molar-refractivity contribution >= 4 is 0 Å². The molecule has 9 heteroatoms. The Kier molecular flexibility index (Phi) is 3.71. The van der Waals surface area contributed by atoms with E-state index in [0.29, 0.717) is 12.2 Å². The Morgan fingerprint density at radius 1 is 1.32 bits per heavy atom. The van der Waals surface area contributed by atoms with Gasteiger partial charge in [-0.15, -0.1) is 0 Å². The second-order valence-corrected chi connectivity index (χ2v) is 4.50. The Bertz CT molecular complexity index is 835. The zero-order valence-electron chi connectivity index (χ0n) is 11.7. The molecule has 0 aliphatic carbocycles. The van der Waals surface area contributed by atoms with Gasteiger partial charge in [-0.3, -0.25) is 4.52 Å². The van der Waals surface area contributed by atoms with Crippen molar-refractivity contribution in [1.82, 2.24) is 20.0 Å². The Morgan fingerprint density at radius 2 is 2.18 bits per heavy atom. The first-order chi connectivity index (χ1) is 10.7. The van der Waals surface area contributed by atoms with Gasteiger partial charge in [0.2, 0.25) is 11.5 Å². The van der Waals surface area contributed by atoms with Gasteiger partial charge in [-0.05, 0) is 34.9 Å².